The molecule has 14 heavy (non-hydrogen) atoms. The molecule has 0 aromatic heterocycles. The zero-order chi connectivity index (χ0) is 10.0. The van der Waals surface area contributed by atoms with Crippen LogP contribution < -0.4 is 0 Å². The van der Waals surface area contributed by atoms with Crippen LogP contribution in [0.2, 0.25) is 0 Å². The molecule has 1 saturated heterocycles. The number of rotatable bonds is 2. The van der Waals surface area contributed by atoms with Crippen LogP contribution in [0.1, 0.15) is 39.0 Å². The molecular weight excluding hydrogens is 247 g/mol. The van der Waals surface area contributed by atoms with E-state index in [-0.39, 0.29) is 0 Å². The molecule has 2 atom stereocenters. The first-order valence-electron chi connectivity index (χ1n) is 5.76. The van der Waals surface area contributed by atoms with Gasteiger partial charge < -0.3 is 0 Å². The molecule has 0 N–H and O–H groups in total. The van der Waals surface area contributed by atoms with Crippen molar-refractivity contribution in [3.63, 3.8) is 0 Å². The topological polar surface area (TPSA) is 0 Å². The maximum absolute atomic E-state index is 5.10. The molecule has 2 fully saturated rings. The summed E-state index contributed by atoms with van der Waals surface area (Å²) < 4.78 is 0. The van der Waals surface area contributed by atoms with E-state index in [0.29, 0.717) is 0 Å². The quantitative estimate of drug-likeness (QED) is 0.561. The summed E-state index contributed by atoms with van der Waals surface area (Å²) in [4.78, 5) is -1.24. The summed E-state index contributed by atoms with van der Waals surface area (Å²) in [6.07, 6.45) is 7.30. The van der Waals surface area contributed by atoms with E-state index in [1.165, 1.54) is 43.6 Å². The monoisotopic (exact) mass is 268 g/mol. The van der Waals surface area contributed by atoms with E-state index in [1.54, 1.807) is 0 Å². The van der Waals surface area contributed by atoms with E-state index in [1.807, 2.05) is 0 Å². The minimum absolute atomic E-state index is 1.00. The predicted octanol–water partition coefficient (Wildman–Crippen LogP) is 4.86. The SMILES string of the molecule is CCC1CCCCC1[PH]1(S)SCCS1. The average molecular weight is 268 g/mol. The molecule has 0 radical (unpaired) electrons. The Morgan fingerprint density at radius 1 is 1.21 bits per heavy atom. The van der Waals surface area contributed by atoms with Crippen LogP contribution in [0.4, 0.5) is 0 Å². The van der Waals surface area contributed by atoms with Gasteiger partial charge in [0.25, 0.3) is 0 Å². The van der Waals surface area contributed by atoms with Gasteiger partial charge in [-0.3, -0.25) is 0 Å². The fraction of sp³-hybridized carbons (Fsp3) is 1.00. The van der Waals surface area contributed by atoms with Crippen molar-refractivity contribution >= 4 is 39.9 Å². The van der Waals surface area contributed by atoms with Gasteiger partial charge in [-0.05, 0) is 0 Å². The second-order valence-electron chi connectivity index (χ2n) is 4.39. The molecule has 2 unspecified atom stereocenters. The van der Waals surface area contributed by atoms with Crippen molar-refractivity contribution in [2.45, 2.75) is 44.7 Å². The van der Waals surface area contributed by atoms with Gasteiger partial charge in [-0.2, -0.15) is 0 Å². The van der Waals surface area contributed by atoms with E-state index < -0.39 is 4.87 Å². The molecule has 0 aromatic rings. The number of hydrogen-bond donors (Lipinski definition) is 1. The van der Waals surface area contributed by atoms with Crippen molar-refractivity contribution in [2.75, 3.05) is 11.5 Å². The van der Waals surface area contributed by atoms with Crippen LogP contribution in [-0.2, 0) is 0 Å². The third-order valence-electron chi connectivity index (χ3n) is 3.60. The van der Waals surface area contributed by atoms with E-state index in [2.05, 4.69) is 29.7 Å². The van der Waals surface area contributed by atoms with Gasteiger partial charge in [-0.1, -0.05) is 0 Å². The second kappa shape index (κ2) is 5.21. The first-order chi connectivity index (χ1) is 6.76. The molecule has 4 heteroatoms. The average Bonchev–Trinajstić information content (AvgIpc) is 2.66. The molecule has 2 aliphatic rings. The molecule has 0 amide bonds. The fourth-order valence-corrected chi connectivity index (χ4v) is 17.7. The summed E-state index contributed by atoms with van der Waals surface area (Å²) in [5.74, 6) is 3.74. The molecule has 0 aromatic carbocycles. The van der Waals surface area contributed by atoms with E-state index >= 15 is 0 Å². The van der Waals surface area contributed by atoms with Gasteiger partial charge in [0.05, 0.1) is 0 Å². The van der Waals surface area contributed by atoms with Gasteiger partial charge in [-0.25, -0.2) is 0 Å². The molecule has 1 heterocycles. The Morgan fingerprint density at radius 3 is 2.50 bits per heavy atom. The van der Waals surface area contributed by atoms with Crippen molar-refractivity contribution in [1.82, 2.24) is 0 Å². The Balaban J connectivity index is 2.05. The van der Waals surface area contributed by atoms with Crippen molar-refractivity contribution < 1.29 is 0 Å². The molecule has 1 aliphatic carbocycles. The zero-order valence-corrected chi connectivity index (χ0v) is 12.4. The van der Waals surface area contributed by atoms with Gasteiger partial charge in [0.1, 0.15) is 0 Å². The van der Waals surface area contributed by atoms with Crippen LogP contribution in [0.15, 0.2) is 0 Å². The molecule has 0 nitrogen and oxygen atoms in total. The first-order valence-corrected chi connectivity index (χ1v) is 12.5. The molecule has 0 bridgehead atoms. The van der Waals surface area contributed by atoms with E-state index in [0.717, 1.165) is 11.6 Å². The van der Waals surface area contributed by atoms with Crippen molar-refractivity contribution in [2.24, 2.45) is 5.92 Å². The zero-order valence-electron chi connectivity index (χ0n) is 8.87. The van der Waals surface area contributed by atoms with Crippen molar-refractivity contribution in [3.05, 3.63) is 0 Å². The number of hydrogen-bond acceptors (Lipinski definition) is 3. The first kappa shape index (κ1) is 12.0. The molecule has 0 spiro atoms. The Hall–Kier alpha value is 1.48. The summed E-state index contributed by atoms with van der Waals surface area (Å²) in [6.45, 7) is 2.37. The van der Waals surface area contributed by atoms with Gasteiger partial charge in [0, 0.05) is 0 Å². The molecule has 1 aliphatic heterocycles. The Bertz CT molecular complexity index is 192. The standard InChI is InChI=1S/C10H21PS3/c1-2-9-5-3-4-6-10(9)11(12)13-7-8-14-11/h9-12H,2-8H2,1H3. The summed E-state index contributed by atoms with van der Waals surface area (Å²) in [5, 5.41) is 0. The van der Waals surface area contributed by atoms with Crippen LogP contribution in [-0.4, -0.2) is 17.2 Å². The summed E-state index contributed by atoms with van der Waals surface area (Å²) in [7, 11) is 0. The fourth-order valence-electron chi connectivity index (χ4n) is 2.81. The van der Waals surface area contributed by atoms with Crippen LogP contribution in [0.5, 0.6) is 0 Å². The third kappa shape index (κ3) is 2.42. The van der Waals surface area contributed by atoms with Crippen molar-refractivity contribution in [1.29, 1.82) is 0 Å². The summed E-state index contributed by atoms with van der Waals surface area (Å²) >= 11 is 9.57. The van der Waals surface area contributed by atoms with Crippen LogP contribution >= 0.6 is 39.9 Å². The maximum atomic E-state index is 5.10. The summed E-state index contributed by atoms with van der Waals surface area (Å²) in [6, 6.07) is 0. The van der Waals surface area contributed by atoms with Crippen LogP contribution in [0.3, 0.4) is 0 Å². The van der Waals surface area contributed by atoms with Gasteiger partial charge in [0.2, 0.25) is 0 Å². The molecule has 2 rings (SSSR count). The normalized spacial score (nSPS) is 39.6. The third-order valence-corrected chi connectivity index (χ3v) is 18.2. The molecule has 84 valence electrons. The Kier molecular flexibility index (Phi) is 4.44. The number of thiol groups is 1. The second-order valence-corrected chi connectivity index (χ2v) is 18.1. The van der Waals surface area contributed by atoms with E-state index in [9.17, 15) is 0 Å². The Morgan fingerprint density at radius 2 is 1.86 bits per heavy atom. The minimum atomic E-state index is -1.24. The molecular formula is C10H21PS3. The predicted molar refractivity (Wildman–Crippen MR) is 78.3 cm³/mol. The van der Waals surface area contributed by atoms with Crippen LogP contribution in [0.25, 0.3) is 0 Å². The van der Waals surface area contributed by atoms with Gasteiger partial charge >= 0.3 is 102 Å². The van der Waals surface area contributed by atoms with Gasteiger partial charge in [0.15, 0.2) is 0 Å². The molecule has 1 saturated carbocycles. The van der Waals surface area contributed by atoms with Gasteiger partial charge in [-0.15, -0.1) is 0 Å². The van der Waals surface area contributed by atoms with Crippen LogP contribution in [0, 0.1) is 5.92 Å². The Labute approximate surface area is 102 Å². The summed E-state index contributed by atoms with van der Waals surface area (Å²) in [5.41, 5.74) is 1.00. The van der Waals surface area contributed by atoms with Crippen molar-refractivity contribution in [3.8, 4) is 0 Å². The van der Waals surface area contributed by atoms with E-state index in [4.69, 9.17) is 12.2 Å².